The number of fused-ring (bicyclic) bond motifs is 14. The van der Waals surface area contributed by atoms with Crippen LogP contribution in [-0.4, -0.2) is 0 Å². The quantitative estimate of drug-likeness (QED) is 0.176. The molecule has 0 radical (unpaired) electrons. The van der Waals surface area contributed by atoms with Crippen LogP contribution in [0.4, 0.5) is 0 Å². The Morgan fingerprint density at radius 1 is 0.462 bits per heavy atom. The van der Waals surface area contributed by atoms with Gasteiger partial charge >= 0.3 is 0 Å². The molecule has 1 heteroatoms. The molecule has 52 heavy (non-hydrogen) atoms. The molecule has 0 saturated carbocycles. The summed E-state index contributed by atoms with van der Waals surface area (Å²) in [6.45, 7) is 0. The van der Waals surface area contributed by atoms with Gasteiger partial charge in [0.2, 0.25) is 0 Å². The summed E-state index contributed by atoms with van der Waals surface area (Å²) in [6.07, 6.45) is 13.9. The van der Waals surface area contributed by atoms with E-state index < -0.39 is 5.41 Å². The second-order valence-electron chi connectivity index (χ2n) is 14.7. The molecule has 0 saturated heterocycles. The molecule has 0 aromatic heterocycles. The summed E-state index contributed by atoms with van der Waals surface area (Å²) < 4.78 is 0. The summed E-state index contributed by atoms with van der Waals surface area (Å²) in [5, 5.41) is 2.61. The van der Waals surface area contributed by atoms with Crippen molar-refractivity contribution in [2.75, 3.05) is 0 Å². The average Bonchev–Trinajstić information content (AvgIpc) is 3.68. The Morgan fingerprint density at radius 3 is 1.96 bits per heavy atom. The first kappa shape index (κ1) is 28.8. The van der Waals surface area contributed by atoms with Crippen LogP contribution >= 0.6 is 11.8 Å². The van der Waals surface area contributed by atoms with E-state index in [1.54, 1.807) is 0 Å². The molecule has 1 heterocycles. The van der Waals surface area contributed by atoms with Gasteiger partial charge in [0.1, 0.15) is 0 Å². The van der Waals surface area contributed by atoms with Gasteiger partial charge in [-0.3, -0.25) is 0 Å². The van der Waals surface area contributed by atoms with E-state index in [0.29, 0.717) is 11.8 Å². The molecule has 0 N–H and O–H groups in total. The topological polar surface area (TPSA) is 0 Å². The Kier molecular flexibility index (Phi) is 5.85. The van der Waals surface area contributed by atoms with Gasteiger partial charge < -0.3 is 0 Å². The van der Waals surface area contributed by atoms with Crippen LogP contribution in [0.25, 0.3) is 60.9 Å². The molecule has 1 spiro atoms. The van der Waals surface area contributed by atoms with E-state index in [4.69, 9.17) is 0 Å². The molecule has 0 fully saturated rings. The average molecular weight is 677 g/mol. The summed E-state index contributed by atoms with van der Waals surface area (Å²) >= 11 is 1.94. The first-order valence-electron chi connectivity index (χ1n) is 18.3. The van der Waals surface area contributed by atoms with E-state index in [2.05, 4.69) is 182 Å². The van der Waals surface area contributed by atoms with Crippen LogP contribution in [0.5, 0.6) is 0 Å². The monoisotopic (exact) mass is 676 g/mol. The van der Waals surface area contributed by atoms with Gasteiger partial charge in [-0.1, -0.05) is 176 Å². The molecular weight excluding hydrogens is 645 g/mol. The molecule has 242 valence electrons. The normalized spacial score (nSPS) is 20.8. The maximum absolute atomic E-state index is 2.52. The highest BCUT2D eigenvalue weighted by molar-refractivity contribution is 8.03. The number of allylic oxidation sites excluding steroid dienone is 8. The fourth-order valence-corrected chi connectivity index (χ4v) is 11.4. The van der Waals surface area contributed by atoms with Gasteiger partial charge in [-0.25, -0.2) is 0 Å². The van der Waals surface area contributed by atoms with Gasteiger partial charge in [0.25, 0.3) is 0 Å². The number of rotatable bonds is 2. The number of benzene rings is 7. The molecule has 0 nitrogen and oxygen atoms in total. The van der Waals surface area contributed by atoms with Crippen molar-refractivity contribution in [3.05, 3.63) is 215 Å². The van der Waals surface area contributed by atoms with Crippen molar-refractivity contribution in [2.24, 2.45) is 11.8 Å². The lowest BCUT2D eigenvalue weighted by Gasteiger charge is -2.36. The van der Waals surface area contributed by atoms with Crippen molar-refractivity contribution in [1.82, 2.24) is 0 Å². The van der Waals surface area contributed by atoms with Crippen LogP contribution < -0.4 is 0 Å². The van der Waals surface area contributed by atoms with Crippen molar-refractivity contribution in [2.45, 2.75) is 10.3 Å². The highest BCUT2D eigenvalue weighted by atomic mass is 32.2. The van der Waals surface area contributed by atoms with E-state index >= 15 is 0 Å². The molecule has 0 amide bonds. The van der Waals surface area contributed by atoms with Gasteiger partial charge in [-0.15, -0.1) is 0 Å². The summed E-state index contributed by atoms with van der Waals surface area (Å²) in [5.74, 6) is 0.852. The van der Waals surface area contributed by atoms with Crippen molar-refractivity contribution in [3.8, 4) is 44.5 Å². The van der Waals surface area contributed by atoms with E-state index in [0.717, 1.165) is 0 Å². The molecule has 0 bridgehead atoms. The Balaban J connectivity index is 1.07. The molecule has 3 unspecified atom stereocenters. The molecule has 7 aromatic carbocycles. The Labute approximate surface area is 308 Å². The zero-order valence-corrected chi connectivity index (χ0v) is 29.2. The summed E-state index contributed by atoms with van der Waals surface area (Å²) in [7, 11) is 0. The number of thioether (sulfide) groups is 1. The first-order valence-corrected chi connectivity index (χ1v) is 19.2. The standard InChI is InChI=1S/C51H32S/c1-2-16-37-31(11-1)24-27-45-50(37)41-18-6-8-21-44(41)51(45)43-20-7-5-17-38(43)39-26-23-34(30-46(39)51)36-15-4-3-14-35(36)33-25-28-47-42(29-33)40-19-9-12-32-13-10-22-48(52-47)49(32)40/h1-30,32,49H. The molecule has 4 aliphatic carbocycles. The van der Waals surface area contributed by atoms with Crippen LogP contribution in [0.3, 0.4) is 0 Å². The minimum absolute atomic E-state index is 0.396. The molecule has 12 rings (SSSR count). The lowest BCUT2D eigenvalue weighted by atomic mass is 9.70. The van der Waals surface area contributed by atoms with Crippen LogP contribution in [0.15, 0.2) is 192 Å². The lowest BCUT2D eigenvalue weighted by Crippen LogP contribution is -2.25. The Hall–Kier alpha value is -5.89. The Bertz CT molecular complexity index is 2840. The number of hydrogen-bond donors (Lipinski definition) is 0. The summed E-state index contributed by atoms with van der Waals surface area (Å²) in [6, 6.07) is 55.3. The fourth-order valence-electron chi connectivity index (χ4n) is 10.2. The SMILES string of the molecule is C1=CC2C=CC=C3c4cc(-c5ccccc5-c5ccc6c(c5)C5(c7ccccc7-6)c6ccccc6-c6c5ccc5ccccc65)ccc4SC(=C1)C32. The molecule has 3 atom stereocenters. The van der Waals surface area contributed by atoms with Crippen molar-refractivity contribution in [3.63, 3.8) is 0 Å². The maximum Gasteiger partial charge on any atom is 0.0725 e. The highest BCUT2D eigenvalue weighted by Crippen LogP contribution is 2.64. The van der Waals surface area contributed by atoms with Crippen LogP contribution in [0.1, 0.15) is 27.8 Å². The third-order valence-electron chi connectivity index (χ3n) is 12.3. The first-order chi connectivity index (χ1) is 25.8. The molecule has 7 aromatic rings. The van der Waals surface area contributed by atoms with Gasteiger partial charge in [-0.05, 0) is 112 Å². The van der Waals surface area contributed by atoms with Gasteiger partial charge in [-0.2, -0.15) is 0 Å². The second-order valence-corrected chi connectivity index (χ2v) is 15.8. The minimum atomic E-state index is -0.396. The number of hydrogen-bond acceptors (Lipinski definition) is 1. The predicted octanol–water partition coefficient (Wildman–Crippen LogP) is 13.3. The zero-order valence-electron chi connectivity index (χ0n) is 28.4. The van der Waals surface area contributed by atoms with Crippen LogP contribution in [-0.2, 0) is 5.41 Å². The van der Waals surface area contributed by atoms with Gasteiger partial charge in [0.05, 0.1) is 5.41 Å². The van der Waals surface area contributed by atoms with Crippen molar-refractivity contribution < 1.29 is 0 Å². The minimum Gasteiger partial charge on any atom is -0.0932 e. The fraction of sp³-hybridized carbons (Fsp3) is 0.0588. The Morgan fingerprint density at radius 2 is 1.12 bits per heavy atom. The van der Waals surface area contributed by atoms with Crippen molar-refractivity contribution >= 4 is 28.1 Å². The van der Waals surface area contributed by atoms with E-state index in [-0.39, 0.29) is 0 Å². The third-order valence-corrected chi connectivity index (χ3v) is 13.5. The van der Waals surface area contributed by atoms with Crippen LogP contribution in [0.2, 0.25) is 0 Å². The van der Waals surface area contributed by atoms with E-state index in [9.17, 15) is 0 Å². The molecule has 1 aliphatic heterocycles. The lowest BCUT2D eigenvalue weighted by molar-refractivity contribution is 0.663. The van der Waals surface area contributed by atoms with E-state index in [1.165, 1.54) is 98.5 Å². The van der Waals surface area contributed by atoms with Gasteiger partial charge in [0.15, 0.2) is 0 Å². The largest absolute Gasteiger partial charge is 0.0932 e. The smallest absolute Gasteiger partial charge is 0.0725 e. The third kappa shape index (κ3) is 3.69. The maximum atomic E-state index is 2.52. The highest BCUT2D eigenvalue weighted by Gasteiger charge is 2.52. The molecule has 5 aliphatic rings. The molecular formula is C51H32S. The summed E-state index contributed by atoms with van der Waals surface area (Å²) in [5.41, 5.74) is 18.4. The van der Waals surface area contributed by atoms with Crippen LogP contribution in [0, 0.1) is 11.8 Å². The zero-order chi connectivity index (χ0) is 34.0. The van der Waals surface area contributed by atoms with Gasteiger partial charge in [0, 0.05) is 16.7 Å². The van der Waals surface area contributed by atoms with Crippen molar-refractivity contribution in [1.29, 1.82) is 0 Å². The predicted molar refractivity (Wildman–Crippen MR) is 218 cm³/mol. The summed E-state index contributed by atoms with van der Waals surface area (Å²) in [4.78, 5) is 2.81. The second kappa shape index (κ2) is 10.6. The van der Waals surface area contributed by atoms with E-state index in [1.807, 2.05) is 11.8 Å².